The van der Waals surface area contributed by atoms with E-state index < -0.39 is 0 Å². The number of hydrogen-bond acceptors (Lipinski definition) is 4. The number of carbonyl (C=O) groups is 2. The van der Waals surface area contributed by atoms with Crippen LogP contribution in [0.4, 0.5) is 0 Å². The van der Waals surface area contributed by atoms with Crippen LogP contribution in [0.3, 0.4) is 0 Å². The summed E-state index contributed by atoms with van der Waals surface area (Å²) < 4.78 is 2.01. The van der Waals surface area contributed by atoms with Crippen molar-refractivity contribution < 1.29 is 9.59 Å². The highest BCUT2D eigenvalue weighted by Crippen LogP contribution is 2.23. The average Bonchev–Trinajstić information content (AvgIpc) is 3.15. The Morgan fingerprint density at radius 2 is 1.97 bits per heavy atom. The molecule has 0 bridgehead atoms. The van der Waals surface area contributed by atoms with Crippen LogP contribution in [0.15, 0.2) is 48.9 Å². The number of aromatic nitrogens is 3. The van der Waals surface area contributed by atoms with Crippen molar-refractivity contribution in [2.45, 2.75) is 44.7 Å². The van der Waals surface area contributed by atoms with Gasteiger partial charge in [-0.3, -0.25) is 9.59 Å². The highest BCUT2D eigenvalue weighted by Gasteiger charge is 2.29. The summed E-state index contributed by atoms with van der Waals surface area (Å²) >= 11 is 0. The number of nitrogens with two attached hydrogens (primary N) is 1. The van der Waals surface area contributed by atoms with Crippen LogP contribution in [0, 0.1) is 0 Å². The molecule has 7 heteroatoms. The van der Waals surface area contributed by atoms with Gasteiger partial charge in [-0.05, 0) is 37.3 Å². The van der Waals surface area contributed by atoms with E-state index in [1.165, 1.54) is 5.56 Å². The third-order valence-corrected chi connectivity index (χ3v) is 5.51. The standard InChI is InChI=1S/C22H25N5O2/c23-20(28)13-18-8-4-5-10-27(18)22(29)17-12-19-21(24-14-17)26(15-25-19)11-9-16-6-2-1-3-7-16/h1-3,6-7,12,14-15,18H,4-5,8-11,13H2,(H2,23,28). The van der Waals surface area contributed by atoms with E-state index in [1.54, 1.807) is 23.5 Å². The van der Waals surface area contributed by atoms with Gasteiger partial charge in [0.15, 0.2) is 5.65 Å². The lowest BCUT2D eigenvalue weighted by atomic mass is 9.98. The second kappa shape index (κ2) is 8.43. The Balaban J connectivity index is 1.51. The van der Waals surface area contributed by atoms with E-state index in [9.17, 15) is 9.59 Å². The van der Waals surface area contributed by atoms with E-state index in [1.807, 2.05) is 22.8 Å². The highest BCUT2D eigenvalue weighted by molar-refractivity contribution is 5.96. The summed E-state index contributed by atoms with van der Waals surface area (Å²) in [7, 11) is 0. The monoisotopic (exact) mass is 391 g/mol. The Bertz CT molecular complexity index is 1010. The molecule has 3 aromatic rings. The van der Waals surface area contributed by atoms with Gasteiger partial charge in [-0.1, -0.05) is 30.3 Å². The van der Waals surface area contributed by atoms with Gasteiger partial charge in [-0.25, -0.2) is 9.97 Å². The van der Waals surface area contributed by atoms with Crippen LogP contribution < -0.4 is 5.73 Å². The van der Waals surface area contributed by atoms with Crippen molar-refractivity contribution in [1.82, 2.24) is 19.4 Å². The molecule has 0 aliphatic carbocycles. The maximum Gasteiger partial charge on any atom is 0.255 e. The summed E-state index contributed by atoms with van der Waals surface area (Å²) in [5.74, 6) is -0.482. The fourth-order valence-corrected chi connectivity index (χ4v) is 4.00. The molecular formula is C22H25N5O2. The summed E-state index contributed by atoms with van der Waals surface area (Å²) in [5.41, 5.74) is 8.60. The molecule has 0 saturated carbocycles. The molecule has 0 spiro atoms. The molecule has 1 fully saturated rings. The molecule has 7 nitrogen and oxygen atoms in total. The summed E-state index contributed by atoms with van der Waals surface area (Å²) in [5, 5.41) is 0. The number of piperidine rings is 1. The van der Waals surface area contributed by atoms with E-state index in [0.29, 0.717) is 17.6 Å². The lowest BCUT2D eigenvalue weighted by Crippen LogP contribution is -2.45. The number of hydrogen-bond donors (Lipinski definition) is 1. The maximum atomic E-state index is 13.1. The van der Waals surface area contributed by atoms with E-state index in [2.05, 4.69) is 22.1 Å². The first-order chi connectivity index (χ1) is 14.1. The number of likely N-dealkylation sites (tertiary alicyclic amines) is 1. The first-order valence-electron chi connectivity index (χ1n) is 10.1. The van der Waals surface area contributed by atoms with E-state index in [0.717, 1.165) is 37.9 Å². The summed E-state index contributed by atoms with van der Waals surface area (Å²) in [4.78, 5) is 35.2. The summed E-state index contributed by atoms with van der Waals surface area (Å²) in [6, 6.07) is 11.9. The number of fused-ring (bicyclic) bond motifs is 1. The third-order valence-electron chi connectivity index (χ3n) is 5.51. The number of pyridine rings is 1. The third kappa shape index (κ3) is 4.29. The zero-order valence-electron chi connectivity index (χ0n) is 16.3. The van der Waals surface area contributed by atoms with Crippen molar-refractivity contribution in [2.24, 2.45) is 5.73 Å². The van der Waals surface area contributed by atoms with Crippen LogP contribution in [0.2, 0.25) is 0 Å². The minimum absolute atomic E-state index is 0.107. The molecule has 1 saturated heterocycles. The minimum atomic E-state index is -0.375. The van der Waals surface area contributed by atoms with Crippen LogP contribution in [-0.2, 0) is 17.8 Å². The topological polar surface area (TPSA) is 94.1 Å². The number of benzene rings is 1. The molecule has 1 aromatic carbocycles. The van der Waals surface area contributed by atoms with Crippen molar-refractivity contribution in [3.8, 4) is 0 Å². The number of imidazole rings is 1. The van der Waals surface area contributed by atoms with Crippen LogP contribution in [0.25, 0.3) is 11.2 Å². The quantitative estimate of drug-likeness (QED) is 0.699. The van der Waals surface area contributed by atoms with Crippen molar-refractivity contribution >= 4 is 23.0 Å². The molecule has 3 heterocycles. The molecule has 150 valence electrons. The van der Waals surface area contributed by atoms with Crippen molar-refractivity contribution in [2.75, 3.05) is 6.54 Å². The van der Waals surface area contributed by atoms with Crippen molar-refractivity contribution in [3.63, 3.8) is 0 Å². The predicted octanol–water partition coefficient (Wildman–Crippen LogP) is 2.54. The van der Waals surface area contributed by atoms with E-state index in [-0.39, 0.29) is 24.3 Å². The van der Waals surface area contributed by atoms with Crippen LogP contribution in [0.5, 0.6) is 0 Å². The molecule has 1 aliphatic rings. The van der Waals surface area contributed by atoms with Gasteiger partial charge in [-0.15, -0.1) is 0 Å². The molecule has 4 rings (SSSR count). The molecule has 2 amide bonds. The Morgan fingerprint density at radius 1 is 1.14 bits per heavy atom. The van der Waals surface area contributed by atoms with Gasteiger partial charge in [0.2, 0.25) is 5.91 Å². The fraction of sp³-hybridized carbons (Fsp3) is 0.364. The van der Waals surface area contributed by atoms with Crippen molar-refractivity contribution in [1.29, 1.82) is 0 Å². The molecule has 1 unspecified atom stereocenters. The molecule has 0 radical (unpaired) electrons. The second-order valence-electron chi connectivity index (χ2n) is 7.56. The first kappa shape index (κ1) is 19.1. The number of nitrogens with zero attached hydrogens (tertiary/aromatic N) is 4. The molecule has 2 N–H and O–H groups in total. The zero-order chi connectivity index (χ0) is 20.2. The Kier molecular flexibility index (Phi) is 5.55. The van der Waals surface area contributed by atoms with Crippen molar-refractivity contribution in [3.05, 3.63) is 60.0 Å². The minimum Gasteiger partial charge on any atom is -0.370 e. The number of aryl methyl sites for hydroxylation is 2. The summed E-state index contributed by atoms with van der Waals surface area (Å²) in [6.07, 6.45) is 7.22. The second-order valence-corrected chi connectivity index (χ2v) is 7.56. The lowest BCUT2D eigenvalue weighted by molar-refractivity contribution is -0.119. The van der Waals surface area contributed by atoms with E-state index >= 15 is 0 Å². The van der Waals surface area contributed by atoms with Gasteiger partial charge in [0, 0.05) is 31.7 Å². The van der Waals surface area contributed by atoms with Gasteiger partial charge in [0.1, 0.15) is 5.52 Å². The molecule has 1 atom stereocenters. The molecule has 1 aliphatic heterocycles. The Morgan fingerprint density at radius 3 is 2.76 bits per heavy atom. The number of amides is 2. The van der Waals surface area contributed by atoms with Gasteiger partial charge in [0.05, 0.1) is 11.9 Å². The predicted molar refractivity (Wildman–Crippen MR) is 110 cm³/mol. The van der Waals surface area contributed by atoms with Crippen LogP contribution >= 0.6 is 0 Å². The molecular weight excluding hydrogens is 366 g/mol. The van der Waals surface area contributed by atoms with Gasteiger partial charge in [-0.2, -0.15) is 0 Å². The number of carbonyl (C=O) groups excluding carboxylic acids is 2. The van der Waals surface area contributed by atoms with Crippen LogP contribution in [0.1, 0.15) is 41.6 Å². The lowest BCUT2D eigenvalue weighted by Gasteiger charge is -2.35. The Labute approximate surface area is 169 Å². The normalized spacial score (nSPS) is 16.8. The van der Waals surface area contributed by atoms with Gasteiger partial charge < -0.3 is 15.2 Å². The highest BCUT2D eigenvalue weighted by atomic mass is 16.2. The van der Waals surface area contributed by atoms with Gasteiger partial charge in [0.25, 0.3) is 5.91 Å². The van der Waals surface area contributed by atoms with E-state index in [4.69, 9.17) is 5.73 Å². The number of primary amides is 1. The first-order valence-corrected chi connectivity index (χ1v) is 10.1. The smallest absolute Gasteiger partial charge is 0.255 e. The zero-order valence-corrected chi connectivity index (χ0v) is 16.3. The maximum absolute atomic E-state index is 13.1. The number of rotatable bonds is 6. The van der Waals surface area contributed by atoms with Gasteiger partial charge >= 0.3 is 0 Å². The molecule has 29 heavy (non-hydrogen) atoms. The Hall–Kier alpha value is -3.22. The summed E-state index contributed by atoms with van der Waals surface area (Å²) in [6.45, 7) is 1.41. The molecule has 2 aromatic heterocycles. The fourth-order valence-electron chi connectivity index (χ4n) is 4.00. The SMILES string of the molecule is NC(=O)CC1CCCCN1C(=O)c1cnc2c(c1)ncn2CCc1ccccc1. The van der Waals surface area contributed by atoms with Crippen LogP contribution in [-0.4, -0.2) is 43.8 Å². The average molecular weight is 391 g/mol. The largest absolute Gasteiger partial charge is 0.370 e.